The molecule has 1 fully saturated rings. The second-order valence-electron chi connectivity index (χ2n) is 7.87. The number of amides is 2. The van der Waals surface area contributed by atoms with Crippen LogP contribution in [0.4, 0.5) is 15.3 Å². The summed E-state index contributed by atoms with van der Waals surface area (Å²) < 4.78 is 9.74. The van der Waals surface area contributed by atoms with Crippen molar-refractivity contribution in [3.63, 3.8) is 0 Å². The van der Waals surface area contributed by atoms with E-state index in [9.17, 15) is 9.59 Å². The van der Waals surface area contributed by atoms with Crippen LogP contribution in [0, 0.1) is 0 Å². The monoisotopic (exact) mass is 363 g/mol. The second-order valence-corrected chi connectivity index (χ2v) is 7.87. The fraction of sp³-hybridized carbons (Fsp3) is 0.579. The first-order valence-electron chi connectivity index (χ1n) is 8.87. The molecule has 1 saturated heterocycles. The van der Waals surface area contributed by atoms with Crippen molar-refractivity contribution >= 4 is 17.9 Å². The number of likely N-dealkylation sites (tertiary alicyclic amines) is 1. The van der Waals surface area contributed by atoms with E-state index >= 15 is 0 Å². The van der Waals surface area contributed by atoms with Crippen LogP contribution in [0.2, 0.25) is 0 Å². The number of carbonyl (C=O) groups excluding carboxylic acids is 2. The topological polar surface area (TPSA) is 93.9 Å². The molecule has 1 heterocycles. The van der Waals surface area contributed by atoms with Gasteiger partial charge >= 0.3 is 12.2 Å². The molecule has 2 amide bonds. The highest BCUT2D eigenvalue weighted by molar-refractivity contribution is 5.90. The molecule has 0 aromatic heterocycles. The van der Waals surface area contributed by atoms with Gasteiger partial charge in [0.2, 0.25) is 0 Å². The van der Waals surface area contributed by atoms with Crippen LogP contribution in [0.25, 0.3) is 0 Å². The van der Waals surface area contributed by atoms with E-state index in [0.29, 0.717) is 11.4 Å². The average Bonchev–Trinajstić information content (AvgIpc) is 2.46. The molecule has 1 aromatic carbocycles. The summed E-state index contributed by atoms with van der Waals surface area (Å²) in [7, 11) is 0. The number of hydrogen-bond donors (Lipinski definition) is 2. The third kappa shape index (κ3) is 4.66. The van der Waals surface area contributed by atoms with Crippen LogP contribution >= 0.6 is 0 Å². The molecule has 7 nitrogen and oxygen atoms in total. The van der Waals surface area contributed by atoms with Crippen molar-refractivity contribution < 1.29 is 19.1 Å². The van der Waals surface area contributed by atoms with E-state index < -0.39 is 6.16 Å². The van der Waals surface area contributed by atoms with Crippen molar-refractivity contribution in [3.8, 4) is 5.75 Å². The molecule has 0 aliphatic carbocycles. The molecule has 26 heavy (non-hydrogen) atoms. The zero-order chi connectivity index (χ0) is 19.5. The molecule has 0 bridgehead atoms. The number of benzene rings is 1. The van der Waals surface area contributed by atoms with E-state index in [1.54, 1.807) is 31.2 Å². The number of anilines is 1. The number of carbonyl (C=O) groups is 2. The maximum Gasteiger partial charge on any atom is 0.513 e. The number of urea groups is 1. The van der Waals surface area contributed by atoms with Crippen molar-refractivity contribution in [1.82, 2.24) is 4.90 Å². The summed E-state index contributed by atoms with van der Waals surface area (Å²) in [6, 6.07) is 6.48. The summed E-state index contributed by atoms with van der Waals surface area (Å²) in [4.78, 5) is 26.1. The number of piperidine rings is 1. The first-order valence-corrected chi connectivity index (χ1v) is 8.87. The summed E-state index contributed by atoms with van der Waals surface area (Å²) in [5.74, 6) is 0.353. The normalized spacial score (nSPS) is 18.9. The molecule has 0 saturated carbocycles. The molecule has 1 aliphatic heterocycles. The lowest BCUT2D eigenvalue weighted by atomic mass is 9.77. The molecule has 1 aromatic rings. The minimum atomic E-state index is -0.752. The molecule has 7 heteroatoms. The van der Waals surface area contributed by atoms with Crippen molar-refractivity contribution in [3.05, 3.63) is 24.3 Å². The number of nitrogens with zero attached hydrogens (tertiary/aromatic N) is 1. The summed E-state index contributed by atoms with van der Waals surface area (Å²) in [6.07, 6.45) is 0.740. The van der Waals surface area contributed by atoms with Crippen LogP contribution in [0.1, 0.15) is 47.5 Å². The van der Waals surface area contributed by atoms with Crippen LogP contribution in [-0.2, 0) is 4.74 Å². The van der Waals surface area contributed by atoms with Crippen molar-refractivity contribution in [2.45, 2.75) is 64.6 Å². The number of nitrogens with one attached hydrogen (secondary N) is 1. The van der Waals surface area contributed by atoms with Gasteiger partial charge in [0.25, 0.3) is 0 Å². The molecule has 144 valence electrons. The molecule has 1 aliphatic rings. The Labute approximate surface area is 154 Å². The van der Waals surface area contributed by atoms with Crippen LogP contribution in [-0.4, -0.2) is 40.8 Å². The summed E-state index contributed by atoms with van der Waals surface area (Å²) in [5.41, 5.74) is 6.09. The van der Waals surface area contributed by atoms with Gasteiger partial charge in [-0.15, -0.1) is 0 Å². The smallest absolute Gasteiger partial charge is 0.434 e. The molecule has 0 radical (unpaired) electrons. The van der Waals surface area contributed by atoms with Crippen molar-refractivity contribution in [2.75, 3.05) is 11.9 Å². The molecule has 0 spiro atoms. The van der Waals surface area contributed by atoms with E-state index in [1.165, 1.54) is 0 Å². The Kier molecular flexibility index (Phi) is 5.81. The van der Waals surface area contributed by atoms with Gasteiger partial charge in [0.1, 0.15) is 5.75 Å². The fourth-order valence-corrected chi connectivity index (χ4v) is 3.94. The second kappa shape index (κ2) is 7.53. The third-order valence-electron chi connectivity index (χ3n) is 4.51. The standard InChI is InChI=1S/C19H29N3O4/c1-6-25-17(24)26-15-9-7-14(8-10-15)21-16(23)22-18(2,3)11-13(20)12-19(22,4)5/h7-10,13H,6,11-12,20H2,1-5H3,(H,21,23). The van der Waals surface area contributed by atoms with Crippen LogP contribution < -0.4 is 15.8 Å². The first kappa shape index (κ1) is 20.0. The Hall–Kier alpha value is -2.28. The Balaban J connectivity index is 2.08. The maximum atomic E-state index is 12.9. The SMILES string of the molecule is CCOC(=O)Oc1ccc(NC(=O)N2C(C)(C)CC(N)CC2(C)C)cc1. The predicted molar refractivity (Wildman–Crippen MR) is 100 cm³/mol. The lowest BCUT2D eigenvalue weighted by Crippen LogP contribution is -2.66. The van der Waals surface area contributed by atoms with Crippen LogP contribution in [0.5, 0.6) is 5.75 Å². The quantitative estimate of drug-likeness (QED) is 0.630. The van der Waals surface area contributed by atoms with Gasteiger partial charge in [0.15, 0.2) is 0 Å². The molecular formula is C19H29N3O4. The summed E-state index contributed by atoms with van der Waals surface area (Å²) in [6.45, 7) is 10.1. The Morgan fingerprint density at radius 1 is 1.15 bits per heavy atom. The van der Waals surface area contributed by atoms with Crippen LogP contribution in [0.3, 0.4) is 0 Å². The number of nitrogens with two attached hydrogens (primary N) is 1. The average molecular weight is 363 g/mol. The Bertz CT molecular complexity index is 637. The van der Waals surface area contributed by atoms with Gasteiger partial charge in [-0.3, -0.25) is 0 Å². The van der Waals surface area contributed by atoms with E-state index in [2.05, 4.69) is 5.32 Å². The highest BCUT2D eigenvalue weighted by Crippen LogP contribution is 2.38. The van der Waals surface area contributed by atoms with Gasteiger partial charge in [-0.1, -0.05) is 0 Å². The largest absolute Gasteiger partial charge is 0.513 e. The van der Waals surface area contributed by atoms with Gasteiger partial charge in [-0.2, -0.15) is 0 Å². The van der Waals surface area contributed by atoms with Crippen molar-refractivity contribution in [1.29, 1.82) is 0 Å². The van der Waals surface area contributed by atoms with E-state index in [0.717, 1.165) is 12.8 Å². The van der Waals surface area contributed by atoms with E-state index in [-0.39, 0.29) is 29.8 Å². The molecule has 0 unspecified atom stereocenters. The summed E-state index contributed by atoms with van der Waals surface area (Å²) >= 11 is 0. The highest BCUT2D eigenvalue weighted by atomic mass is 16.7. The Morgan fingerprint density at radius 2 is 1.69 bits per heavy atom. The predicted octanol–water partition coefficient (Wildman–Crippen LogP) is 3.73. The molecular weight excluding hydrogens is 334 g/mol. The number of ether oxygens (including phenoxy) is 2. The zero-order valence-corrected chi connectivity index (χ0v) is 16.2. The van der Waals surface area contributed by atoms with Crippen molar-refractivity contribution in [2.24, 2.45) is 5.73 Å². The van der Waals surface area contributed by atoms with Gasteiger partial charge < -0.3 is 25.4 Å². The van der Waals surface area contributed by atoms with Gasteiger partial charge in [-0.25, -0.2) is 9.59 Å². The first-order chi connectivity index (χ1) is 12.0. The lowest BCUT2D eigenvalue weighted by Gasteiger charge is -2.54. The maximum absolute atomic E-state index is 12.9. The Morgan fingerprint density at radius 3 is 2.19 bits per heavy atom. The minimum absolute atomic E-state index is 0.0726. The zero-order valence-electron chi connectivity index (χ0n) is 16.2. The molecule has 0 atom stereocenters. The van der Waals surface area contributed by atoms with Gasteiger partial charge in [0, 0.05) is 22.8 Å². The van der Waals surface area contributed by atoms with Crippen LogP contribution in [0.15, 0.2) is 24.3 Å². The summed E-state index contributed by atoms with van der Waals surface area (Å²) in [5, 5.41) is 2.92. The minimum Gasteiger partial charge on any atom is -0.434 e. The number of hydrogen-bond acceptors (Lipinski definition) is 5. The third-order valence-corrected chi connectivity index (χ3v) is 4.51. The number of rotatable bonds is 3. The highest BCUT2D eigenvalue weighted by Gasteiger charge is 2.46. The van der Waals surface area contributed by atoms with E-state index in [4.69, 9.17) is 15.2 Å². The fourth-order valence-electron chi connectivity index (χ4n) is 3.94. The van der Waals surface area contributed by atoms with E-state index in [1.807, 2.05) is 32.6 Å². The van der Waals surface area contributed by atoms with Gasteiger partial charge in [-0.05, 0) is 71.7 Å². The molecule has 3 N–H and O–H groups in total. The molecule has 2 rings (SSSR count). The van der Waals surface area contributed by atoms with Gasteiger partial charge in [0.05, 0.1) is 6.61 Å². The lowest BCUT2D eigenvalue weighted by molar-refractivity contribution is 0.00875.